The maximum absolute atomic E-state index is 13.3. The number of anilines is 1. The zero-order valence-electron chi connectivity index (χ0n) is 14.7. The fourth-order valence-electron chi connectivity index (χ4n) is 2.85. The van der Waals surface area contributed by atoms with Gasteiger partial charge in [0.05, 0.1) is 19.3 Å². The summed E-state index contributed by atoms with van der Waals surface area (Å²) in [7, 11) is 0. The Kier molecular flexibility index (Phi) is 5.66. The van der Waals surface area contributed by atoms with Gasteiger partial charge in [-0.3, -0.25) is 4.79 Å². The van der Waals surface area contributed by atoms with E-state index < -0.39 is 0 Å². The SMILES string of the molecule is CC(C)COc1ncccc1C(=O)N(c1ccccc1)[C@H]1CCOC1. The van der Waals surface area contributed by atoms with Gasteiger partial charge >= 0.3 is 0 Å². The summed E-state index contributed by atoms with van der Waals surface area (Å²) in [4.78, 5) is 19.4. The van der Waals surface area contributed by atoms with Gasteiger partial charge in [-0.2, -0.15) is 0 Å². The molecule has 5 heteroatoms. The van der Waals surface area contributed by atoms with Crippen LogP contribution in [0.15, 0.2) is 48.7 Å². The number of nitrogens with zero attached hydrogens (tertiary/aromatic N) is 2. The van der Waals surface area contributed by atoms with Crippen LogP contribution < -0.4 is 9.64 Å². The molecule has 1 saturated heterocycles. The highest BCUT2D eigenvalue weighted by Crippen LogP contribution is 2.27. The van der Waals surface area contributed by atoms with Gasteiger partial charge in [0.1, 0.15) is 5.56 Å². The molecular weight excluding hydrogens is 316 g/mol. The molecule has 2 heterocycles. The van der Waals surface area contributed by atoms with Crippen molar-refractivity contribution in [3.05, 3.63) is 54.2 Å². The topological polar surface area (TPSA) is 51.7 Å². The molecule has 0 unspecified atom stereocenters. The minimum atomic E-state index is -0.103. The summed E-state index contributed by atoms with van der Waals surface area (Å²) in [5.74, 6) is 0.646. The van der Waals surface area contributed by atoms with Crippen molar-refractivity contribution in [1.82, 2.24) is 4.98 Å². The summed E-state index contributed by atoms with van der Waals surface area (Å²) >= 11 is 0. The van der Waals surface area contributed by atoms with E-state index in [9.17, 15) is 4.79 Å². The van der Waals surface area contributed by atoms with Crippen molar-refractivity contribution >= 4 is 11.6 Å². The molecule has 0 N–H and O–H groups in total. The molecule has 0 spiro atoms. The predicted octanol–water partition coefficient (Wildman–Crippen LogP) is 3.55. The predicted molar refractivity (Wildman–Crippen MR) is 97.0 cm³/mol. The van der Waals surface area contributed by atoms with Crippen molar-refractivity contribution in [2.45, 2.75) is 26.3 Å². The second-order valence-corrected chi connectivity index (χ2v) is 6.59. The van der Waals surface area contributed by atoms with Crippen LogP contribution in [0.25, 0.3) is 0 Å². The average molecular weight is 340 g/mol. The Morgan fingerprint density at radius 2 is 2.08 bits per heavy atom. The van der Waals surface area contributed by atoms with Crippen LogP contribution in [0.1, 0.15) is 30.6 Å². The first-order chi connectivity index (χ1) is 12.2. The van der Waals surface area contributed by atoms with Crippen LogP contribution in [0.2, 0.25) is 0 Å². The molecule has 1 aliphatic rings. The summed E-state index contributed by atoms with van der Waals surface area (Å²) in [5, 5.41) is 0. The van der Waals surface area contributed by atoms with Crippen molar-refractivity contribution < 1.29 is 14.3 Å². The third-order valence-electron chi connectivity index (χ3n) is 4.08. The number of benzene rings is 1. The number of amides is 1. The second kappa shape index (κ2) is 8.12. The Morgan fingerprint density at radius 3 is 2.76 bits per heavy atom. The van der Waals surface area contributed by atoms with Gasteiger partial charge in [-0.05, 0) is 36.6 Å². The Morgan fingerprint density at radius 1 is 1.28 bits per heavy atom. The Labute approximate surface area is 148 Å². The molecule has 1 aromatic carbocycles. The number of aromatic nitrogens is 1. The van der Waals surface area contributed by atoms with Gasteiger partial charge in [0.2, 0.25) is 5.88 Å². The lowest BCUT2D eigenvalue weighted by Gasteiger charge is -2.28. The smallest absolute Gasteiger partial charge is 0.264 e. The average Bonchev–Trinajstić information content (AvgIpc) is 3.15. The first-order valence-electron chi connectivity index (χ1n) is 8.71. The number of carbonyl (C=O) groups is 1. The van der Waals surface area contributed by atoms with Crippen LogP contribution in [0, 0.1) is 5.92 Å². The molecule has 1 aliphatic heterocycles. The molecule has 5 nitrogen and oxygen atoms in total. The van der Waals surface area contributed by atoms with Crippen molar-refractivity contribution in [3.8, 4) is 5.88 Å². The molecule has 0 aliphatic carbocycles. The number of rotatable bonds is 6. The minimum Gasteiger partial charge on any atom is -0.477 e. The summed E-state index contributed by atoms with van der Waals surface area (Å²) < 4.78 is 11.3. The standard InChI is InChI=1S/C20H24N2O3/c1-15(2)13-25-19-18(9-6-11-21-19)20(23)22(17-10-12-24-14-17)16-7-4-3-5-8-16/h3-9,11,15,17H,10,12-14H2,1-2H3/t17-/m0/s1. The van der Waals surface area contributed by atoms with Crippen molar-refractivity contribution in [2.24, 2.45) is 5.92 Å². The second-order valence-electron chi connectivity index (χ2n) is 6.59. The first-order valence-corrected chi connectivity index (χ1v) is 8.71. The van der Waals surface area contributed by atoms with E-state index >= 15 is 0 Å². The Balaban J connectivity index is 1.93. The van der Waals surface area contributed by atoms with E-state index in [1.54, 1.807) is 18.3 Å². The summed E-state index contributed by atoms with van der Waals surface area (Å²) in [6, 6.07) is 13.3. The number of para-hydroxylation sites is 1. The monoisotopic (exact) mass is 340 g/mol. The van der Waals surface area contributed by atoms with E-state index in [1.807, 2.05) is 35.2 Å². The van der Waals surface area contributed by atoms with E-state index in [-0.39, 0.29) is 11.9 Å². The number of carbonyl (C=O) groups excluding carboxylic acids is 1. The van der Waals surface area contributed by atoms with Crippen LogP contribution in [0.3, 0.4) is 0 Å². The molecule has 2 aromatic rings. The molecule has 1 amide bonds. The number of hydrogen-bond acceptors (Lipinski definition) is 4. The van der Waals surface area contributed by atoms with Crippen LogP contribution in [0.5, 0.6) is 5.88 Å². The van der Waals surface area contributed by atoms with Gasteiger partial charge in [0.15, 0.2) is 0 Å². The van der Waals surface area contributed by atoms with Gasteiger partial charge in [-0.15, -0.1) is 0 Å². The van der Waals surface area contributed by atoms with Crippen molar-refractivity contribution in [2.75, 3.05) is 24.7 Å². The fraction of sp³-hybridized carbons (Fsp3) is 0.400. The normalized spacial score (nSPS) is 16.8. The fourth-order valence-corrected chi connectivity index (χ4v) is 2.85. The molecule has 1 fully saturated rings. The van der Waals surface area contributed by atoms with Crippen LogP contribution >= 0.6 is 0 Å². The molecular formula is C20H24N2O3. The van der Waals surface area contributed by atoms with E-state index in [4.69, 9.17) is 9.47 Å². The highest BCUT2D eigenvalue weighted by atomic mass is 16.5. The maximum Gasteiger partial charge on any atom is 0.264 e. The third kappa shape index (κ3) is 4.17. The largest absolute Gasteiger partial charge is 0.477 e. The number of hydrogen-bond donors (Lipinski definition) is 0. The molecule has 1 atom stereocenters. The van der Waals surface area contributed by atoms with Gasteiger partial charge in [-0.25, -0.2) is 4.98 Å². The molecule has 0 bridgehead atoms. The van der Waals surface area contributed by atoms with Crippen LogP contribution in [-0.2, 0) is 4.74 Å². The molecule has 132 valence electrons. The zero-order valence-corrected chi connectivity index (χ0v) is 14.7. The van der Waals surface area contributed by atoms with Gasteiger partial charge in [-0.1, -0.05) is 32.0 Å². The van der Waals surface area contributed by atoms with E-state index in [0.29, 0.717) is 37.2 Å². The molecule has 0 radical (unpaired) electrons. The minimum absolute atomic E-state index is 0.0213. The molecule has 25 heavy (non-hydrogen) atoms. The lowest BCUT2D eigenvalue weighted by atomic mass is 10.1. The summed E-state index contributed by atoms with van der Waals surface area (Å²) in [5.41, 5.74) is 1.35. The maximum atomic E-state index is 13.3. The Hall–Kier alpha value is -2.40. The molecule has 0 saturated carbocycles. The van der Waals surface area contributed by atoms with Crippen LogP contribution in [-0.4, -0.2) is 36.8 Å². The van der Waals surface area contributed by atoms with E-state index in [2.05, 4.69) is 18.8 Å². The summed E-state index contributed by atoms with van der Waals surface area (Å²) in [6.45, 7) is 5.87. The van der Waals surface area contributed by atoms with Gasteiger partial charge < -0.3 is 14.4 Å². The number of ether oxygens (including phenoxy) is 2. The van der Waals surface area contributed by atoms with Gasteiger partial charge in [0, 0.05) is 18.5 Å². The zero-order chi connectivity index (χ0) is 17.6. The highest BCUT2D eigenvalue weighted by molar-refractivity contribution is 6.08. The van der Waals surface area contributed by atoms with Crippen molar-refractivity contribution in [3.63, 3.8) is 0 Å². The molecule has 3 rings (SSSR count). The van der Waals surface area contributed by atoms with Gasteiger partial charge in [0.25, 0.3) is 5.91 Å². The van der Waals surface area contributed by atoms with Crippen molar-refractivity contribution in [1.29, 1.82) is 0 Å². The van der Waals surface area contributed by atoms with E-state index in [1.165, 1.54) is 0 Å². The summed E-state index contributed by atoms with van der Waals surface area (Å²) in [6.07, 6.45) is 2.47. The lowest BCUT2D eigenvalue weighted by molar-refractivity contribution is 0.0966. The highest BCUT2D eigenvalue weighted by Gasteiger charge is 2.31. The molecule has 1 aromatic heterocycles. The lowest BCUT2D eigenvalue weighted by Crippen LogP contribution is -2.41. The Bertz CT molecular complexity index is 697. The first kappa shape index (κ1) is 17.4. The van der Waals surface area contributed by atoms with E-state index in [0.717, 1.165) is 12.1 Å². The third-order valence-corrected chi connectivity index (χ3v) is 4.08. The quantitative estimate of drug-likeness (QED) is 0.807. The van der Waals surface area contributed by atoms with Crippen LogP contribution in [0.4, 0.5) is 5.69 Å². The number of pyridine rings is 1.